The number of benzene rings is 2. The molecule has 0 bridgehead atoms. The fraction of sp³-hybridized carbons (Fsp3) is 0.360. The van der Waals surface area contributed by atoms with E-state index in [1.807, 2.05) is 4.90 Å². The molecule has 0 aliphatic carbocycles. The number of hydrogen-bond acceptors (Lipinski definition) is 6. The number of nitrogens with zero attached hydrogens (tertiary/aromatic N) is 2. The Balaban J connectivity index is 1.47. The Morgan fingerprint density at radius 2 is 1.71 bits per heavy atom. The zero-order valence-electron chi connectivity index (χ0n) is 19.0. The van der Waals surface area contributed by atoms with Gasteiger partial charge in [-0.25, -0.2) is 4.79 Å². The summed E-state index contributed by atoms with van der Waals surface area (Å²) >= 11 is 0. The molecule has 0 aromatic heterocycles. The largest absolute Gasteiger partial charge is 0.482 e. The van der Waals surface area contributed by atoms with Gasteiger partial charge in [0.25, 0.3) is 11.8 Å². The smallest absolute Gasteiger partial charge is 0.338 e. The highest BCUT2D eigenvalue weighted by atomic mass is 16.5. The van der Waals surface area contributed by atoms with Crippen molar-refractivity contribution in [1.29, 1.82) is 0 Å². The summed E-state index contributed by atoms with van der Waals surface area (Å²) in [6.45, 7) is 3.00. The molecule has 1 saturated heterocycles. The molecule has 2 heterocycles. The first kappa shape index (κ1) is 23.3. The highest BCUT2D eigenvalue weighted by Crippen LogP contribution is 2.33. The Hall–Kier alpha value is -3.88. The molecule has 0 saturated carbocycles. The molecule has 0 unspecified atom stereocenters. The van der Waals surface area contributed by atoms with Gasteiger partial charge in [-0.1, -0.05) is 0 Å². The second-order valence-electron chi connectivity index (χ2n) is 8.15. The molecule has 0 radical (unpaired) electrons. The van der Waals surface area contributed by atoms with Gasteiger partial charge in [0.1, 0.15) is 12.3 Å². The molecule has 1 fully saturated rings. The zero-order valence-corrected chi connectivity index (χ0v) is 19.0. The predicted molar refractivity (Wildman–Crippen MR) is 125 cm³/mol. The topological polar surface area (TPSA) is 105 Å². The monoisotopic (exact) mass is 465 g/mol. The Morgan fingerprint density at radius 1 is 1.00 bits per heavy atom. The average molecular weight is 466 g/mol. The van der Waals surface area contributed by atoms with Crippen molar-refractivity contribution >= 4 is 35.1 Å². The van der Waals surface area contributed by atoms with Crippen LogP contribution in [0.3, 0.4) is 0 Å². The molecule has 4 rings (SSSR count). The van der Waals surface area contributed by atoms with Crippen molar-refractivity contribution in [2.45, 2.75) is 26.2 Å². The highest BCUT2D eigenvalue weighted by Gasteiger charge is 2.29. The molecular weight excluding hydrogens is 438 g/mol. The maximum Gasteiger partial charge on any atom is 0.338 e. The number of esters is 1. The van der Waals surface area contributed by atoms with Gasteiger partial charge >= 0.3 is 5.97 Å². The number of rotatable bonds is 6. The highest BCUT2D eigenvalue weighted by molar-refractivity contribution is 6.06. The number of carbonyl (C=O) groups is 4. The SMILES string of the molecule is CCOC(=O)c1ccc(NC(=O)CN2C(=O)COc3ccc(C(=O)N4CCCCC4)cc32)cc1. The van der Waals surface area contributed by atoms with Crippen LogP contribution < -0.4 is 15.0 Å². The fourth-order valence-electron chi connectivity index (χ4n) is 4.04. The van der Waals surface area contributed by atoms with Crippen molar-refractivity contribution in [3.05, 3.63) is 53.6 Å². The molecule has 2 aromatic carbocycles. The van der Waals surface area contributed by atoms with Crippen LogP contribution in [0.15, 0.2) is 42.5 Å². The van der Waals surface area contributed by atoms with Gasteiger partial charge in [-0.2, -0.15) is 0 Å². The minimum Gasteiger partial charge on any atom is -0.482 e. The number of ether oxygens (including phenoxy) is 2. The molecule has 1 N–H and O–H groups in total. The summed E-state index contributed by atoms with van der Waals surface area (Å²) in [6, 6.07) is 11.3. The molecule has 0 spiro atoms. The Bertz CT molecular complexity index is 1090. The van der Waals surface area contributed by atoms with E-state index in [4.69, 9.17) is 9.47 Å². The van der Waals surface area contributed by atoms with Crippen LogP contribution in [0.4, 0.5) is 11.4 Å². The van der Waals surface area contributed by atoms with E-state index < -0.39 is 11.9 Å². The second-order valence-corrected chi connectivity index (χ2v) is 8.15. The van der Waals surface area contributed by atoms with Gasteiger partial charge in [0.15, 0.2) is 6.61 Å². The maximum atomic E-state index is 12.9. The number of hydrogen-bond donors (Lipinski definition) is 1. The molecule has 2 aliphatic heterocycles. The van der Waals surface area contributed by atoms with Crippen LogP contribution >= 0.6 is 0 Å². The van der Waals surface area contributed by atoms with Crippen LogP contribution in [0.5, 0.6) is 5.75 Å². The van der Waals surface area contributed by atoms with Crippen LogP contribution in [-0.4, -0.2) is 61.4 Å². The van der Waals surface area contributed by atoms with Gasteiger partial charge in [0, 0.05) is 24.3 Å². The van der Waals surface area contributed by atoms with Gasteiger partial charge < -0.3 is 19.7 Å². The summed E-state index contributed by atoms with van der Waals surface area (Å²) in [6.07, 6.45) is 3.07. The molecular formula is C25H27N3O6. The lowest BCUT2D eigenvalue weighted by molar-refractivity contribution is -0.123. The van der Waals surface area contributed by atoms with Crippen LogP contribution in [0.2, 0.25) is 0 Å². The van der Waals surface area contributed by atoms with Crippen LogP contribution in [0.1, 0.15) is 46.9 Å². The molecule has 2 aromatic rings. The summed E-state index contributed by atoms with van der Waals surface area (Å²) in [5.41, 5.74) is 1.71. The molecule has 2 aliphatic rings. The lowest BCUT2D eigenvalue weighted by Crippen LogP contribution is -2.43. The van der Waals surface area contributed by atoms with Gasteiger partial charge in [0.05, 0.1) is 17.9 Å². The first-order valence-electron chi connectivity index (χ1n) is 11.4. The summed E-state index contributed by atoms with van der Waals surface area (Å²) in [4.78, 5) is 53.1. The van der Waals surface area contributed by atoms with Crippen molar-refractivity contribution in [3.63, 3.8) is 0 Å². The van der Waals surface area contributed by atoms with Crippen molar-refractivity contribution in [3.8, 4) is 5.75 Å². The van der Waals surface area contributed by atoms with E-state index in [1.165, 1.54) is 4.90 Å². The van der Waals surface area contributed by atoms with E-state index in [0.717, 1.165) is 19.3 Å². The minimum absolute atomic E-state index is 0.0911. The van der Waals surface area contributed by atoms with E-state index in [0.29, 0.717) is 41.3 Å². The van der Waals surface area contributed by atoms with Crippen LogP contribution in [-0.2, 0) is 14.3 Å². The Labute approximate surface area is 197 Å². The number of anilines is 2. The van der Waals surface area contributed by atoms with E-state index >= 15 is 0 Å². The van der Waals surface area contributed by atoms with Gasteiger partial charge in [-0.05, 0) is 68.7 Å². The Kier molecular flexibility index (Phi) is 7.10. The van der Waals surface area contributed by atoms with Crippen molar-refractivity contribution in [2.24, 2.45) is 0 Å². The van der Waals surface area contributed by atoms with Crippen molar-refractivity contribution in [1.82, 2.24) is 4.90 Å². The number of likely N-dealkylation sites (tertiary alicyclic amines) is 1. The average Bonchev–Trinajstić information content (AvgIpc) is 2.86. The fourth-order valence-corrected chi connectivity index (χ4v) is 4.04. The predicted octanol–water partition coefficient (Wildman–Crippen LogP) is 2.85. The summed E-state index contributed by atoms with van der Waals surface area (Å²) in [7, 11) is 0. The van der Waals surface area contributed by atoms with Gasteiger partial charge in [0.2, 0.25) is 5.91 Å². The van der Waals surface area contributed by atoms with E-state index in [9.17, 15) is 19.2 Å². The summed E-state index contributed by atoms with van der Waals surface area (Å²) in [5.74, 6) is -0.875. The maximum absolute atomic E-state index is 12.9. The number of amides is 3. The first-order valence-corrected chi connectivity index (χ1v) is 11.4. The quantitative estimate of drug-likeness (QED) is 0.658. The van der Waals surface area contributed by atoms with Crippen molar-refractivity contribution < 1.29 is 28.7 Å². The van der Waals surface area contributed by atoms with Gasteiger partial charge in [-0.3, -0.25) is 19.3 Å². The lowest BCUT2D eigenvalue weighted by Gasteiger charge is -2.30. The molecule has 34 heavy (non-hydrogen) atoms. The Morgan fingerprint density at radius 3 is 2.41 bits per heavy atom. The standard InChI is InChI=1S/C25H27N3O6/c1-2-33-25(32)17-6-9-19(10-7-17)26-22(29)15-28-20-14-18(8-11-21(20)34-16-23(28)30)24(31)27-12-4-3-5-13-27/h6-11,14H,2-5,12-13,15-16H2,1H3,(H,26,29). The summed E-state index contributed by atoms with van der Waals surface area (Å²) < 4.78 is 10.5. The first-order chi connectivity index (χ1) is 16.5. The third kappa shape index (κ3) is 5.19. The molecule has 0 atom stereocenters. The van der Waals surface area contributed by atoms with Gasteiger partial charge in [-0.15, -0.1) is 0 Å². The minimum atomic E-state index is -0.439. The van der Waals surface area contributed by atoms with E-state index in [1.54, 1.807) is 49.4 Å². The number of fused-ring (bicyclic) bond motifs is 1. The number of carbonyl (C=O) groups excluding carboxylic acids is 4. The van der Waals surface area contributed by atoms with Crippen LogP contribution in [0, 0.1) is 0 Å². The second kappa shape index (κ2) is 10.4. The van der Waals surface area contributed by atoms with Crippen molar-refractivity contribution in [2.75, 3.05) is 43.1 Å². The van der Waals surface area contributed by atoms with E-state index in [-0.39, 0.29) is 31.6 Å². The normalized spacial score (nSPS) is 15.3. The lowest BCUT2D eigenvalue weighted by atomic mass is 10.1. The van der Waals surface area contributed by atoms with Crippen LogP contribution in [0.25, 0.3) is 0 Å². The molecule has 9 heteroatoms. The number of piperidine rings is 1. The molecule has 9 nitrogen and oxygen atoms in total. The third-order valence-electron chi connectivity index (χ3n) is 5.77. The molecule has 3 amide bonds. The zero-order chi connectivity index (χ0) is 24.1. The van der Waals surface area contributed by atoms with E-state index in [2.05, 4.69) is 5.32 Å². The third-order valence-corrected chi connectivity index (χ3v) is 5.77. The number of nitrogens with one attached hydrogen (secondary N) is 1. The summed E-state index contributed by atoms with van der Waals surface area (Å²) in [5, 5.41) is 2.73. The molecule has 178 valence electrons.